The van der Waals surface area contributed by atoms with Crippen molar-refractivity contribution in [1.29, 1.82) is 0 Å². The summed E-state index contributed by atoms with van der Waals surface area (Å²) in [7, 11) is -1.42. The van der Waals surface area contributed by atoms with Crippen LogP contribution in [-0.4, -0.2) is 19.0 Å². The number of hydrogen-bond acceptors (Lipinski definition) is 1. The van der Waals surface area contributed by atoms with Crippen molar-refractivity contribution in [3.05, 3.63) is 71.3 Å². The second kappa shape index (κ2) is 10.6. The topological polar surface area (TPSA) is 3.24 Å². The lowest BCUT2D eigenvalue weighted by molar-refractivity contribution is 0.159. The lowest BCUT2D eigenvalue weighted by Crippen LogP contribution is -2.39. The summed E-state index contributed by atoms with van der Waals surface area (Å²) in [6, 6.07) is 19.9. The van der Waals surface area contributed by atoms with E-state index in [2.05, 4.69) is 111 Å². The highest BCUT2D eigenvalue weighted by molar-refractivity contribution is 6.83. The Labute approximate surface area is 174 Å². The maximum Gasteiger partial charge on any atom is 0.129 e. The van der Waals surface area contributed by atoms with Gasteiger partial charge in [-0.1, -0.05) is 107 Å². The molecule has 2 aromatic rings. The molecule has 0 spiro atoms. The fraction of sp³-hybridized carbons (Fsp3) is 0.462. The minimum Gasteiger partial charge on any atom is -0.281 e. The van der Waals surface area contributed by atoms with E-state index in [9.17, 15) is 0 Å². The van der Waals surface area contributed by atoms with Crippen molar-refractivity contribution in [2.75, 3.05) is 0 Å². The molecule has 0 amide bonds. The third kappa shape index (κ3) is 6.97. The van der Waals surface area contributed by atoms with Crippen LogP contribution in [0.25, 0.3) is 0 Å². The molecule has 0 N–H and O–H groups in total. The van der Waals surface area contributed by atoms with Gasteiger partial charge in [-0.05, 0) is 29.5 Å². The SMILES string of the molecule is CCC(CC)[C@@H](C#C[Si](C)(C)C)N(Cc1ccccc1)Cc1ccccc1C. The molecule has 0 aliphatic carbocycles. The van der Waals surface area contributed by atoms with E-state index in [1.54, 1.807) is 0 Å². The van der Waals surface area contributed by atoms with Crippen LogP contribution in [-0.2, 0) is 13.1 Å². The molecule has 2 rings (SSSR count). The summed E-state index contributed by atoms with van der Waals surface area (Å²) in [5, 5.41) is 0. The zero-order valence-electron chi connectivity index (χ0n) is 18.6. The van der Waals surface area contributed by atoms with Gasteiger partial charge in [-0.25, -0.2) is 0 Å². The molecule has 0 aromatic heterocycles. The molecule has 0 fully saturated rings. The maximum atomic E-state index is 3.76. The maximum absolute atomic E-state index is 3.76. The Balaban J connectivity index is 2.43. The van der Waals surface area contributed by atoms with Crippen molar-refractivity contribution in [1.82, 2.24) is 4.90 Å². The molecule has 0 aliphatic rings. The molecule has 0 aliphatic heterocycles. The van der Waals surface area contributed by atoms with Gasteiger partial charge in [-0.2, -0.15) is 0 Å². The molecule has 0 unspecified atom stereocenters. The molecule has 1 atom stereocenters. The van der Waals surface area contributed by atoms with Gasteiger partial charge in [0.1, 0.15) is 8.07 Å². The summed E-state index contributed by atoms with van der Waals surface area (Å²) in [5.74, 6) is 4.35. The Bertz CT molecular complexity index is 775. The van der Waals surface area contributed by atoms with Gasteiger partial charge in [0.15, 0.2) is 0 Å². The Morgan fingerprint density at radius 1 is 0.857 bits per heavy atom. The normalized spacial score (nSPS) is 12.7. The summed E-state index contributed by atoms with van der Waals surface area (Å²) < 4.78 is 0. The molecule has 0 saturated carbocycles. The Morgan fingerprint density at radius 3 is 2.04 bits per heavy atom. The van der Waals surface area contributed by atoms with Gasteiger partial charge < -0.3 is 0 Å². The highest BCUT2D eigenvalue weighted by Gasteiger charge is 2.25. The van der Waals surface area contributed by atoms with Crippen molar-refractivity contribution in [3.8, 4) is 11.5 Å². The summed E-state index contributed by atoms with van der Waals surface area (Å²) in [5.41, 5.74) is 7.82. The van der Waals surface area contributed by atoms with E-state index in [0.29, 0.717) is 12.0 Å². The van der Waals surface area contributed by atoms with E-state index in [-0.39, 0.29) is 0 Å². The molecular formula is C26H37NSi. The van der Waals surface area contributed by atoms with Crippen molar-refractivity contribution in [2.24, 2.45) is 5.92 Å². The van der Waals surface area contributed by atoms with Gasteiger partial charge in [0.05, 0.1) is 6.04 Å². The van der Waals surface area contributed by atoms with Crippen LogP contribution in [0, 0.1) is 24.3 Å². The lowest BCUT2D eigenvalue weighted by Gasteiger charge is -2.34. The number of rotatable bonds is 8. The quantitative estimate of drug-likeness (QED) is 0.358. The van der Waals surface area contributed by atoms with Gasteiger partial charge in [0, 0.05) is 13.1 Å². The van der Waals surface area contributed by atoms with Crippen LogP contribution >= 0.6 is 0 Å². The first-order valence-corrected chi connectivity index (χ1v) is 14.2. The van der Waals surface area contributed by atoms with E-state index in [1.165, 1.54) is 29.5 Å². The van der Waals surface area contributed by atoms with E-state index < -0.39 is 8.07 Å². The zero-order chi connectivity index (χ0) is 20.6. The monoisotopic (exact) mass is 391 g/mol. The fourth-order valence-electron chi connectivity index (χ4n) is 3.61. The predicted molar refractivity (Wildman–Crippen MR) is 126 cm³/mol. The van der Waals surface area contributed by atoms with Gasteiger partial charge in [-0.15, -0.1) is 5.54 Å². The van der Waals surface area contributed by atoms with E-state index in [1.807, 2.05) is 0 Å². The highest BCUT2D eigenvalue weighted by Crippen LogP contribution is 2.24. The second-order valence-electron chi connectivity index (χ2n) is 8.86. The van der Waals surface area contributed by atoms with Gasteiger partial charge in [-0.3, -0.25) is 4.90 Å². The summed E-state index contributed by atoms with van der Waals surface area (Å²) in [4.78, 5) is 2.61. The van der Waals surface area contributed by atoms with Gasteiger partial charge in [0.2, 0.25) is 0 Å². The zero-order valence-corrected chi connectivity index (χ0v) is 19.6. The number of benzene rings is 2. The van der Waals surface area contributed by atoms with Crippen LogP contribution in [0.15, 0.2) is 54.6 Å². The Morgan fingerprint density at radius 2 is 1.46 bits per heavy atom. The van der Waals surface area contributed by atoms with Crippen molar-refractivity contribution in [2.45, 2.75) is 72.4 Å². The van der Waals surface area contributed by atoms with Crippen LogP contribution < -0.4 is 0 Å². The first-order chi connectivity index (χ1) is 13.3. The minimum atomic E-state index is -1.42. The first kappa shape index (κ1) is 22.5. The molecule has 0 saturated heterocycles. The molecule has 0 bridgehead atoms. The van der Waals surface area contributed by atoms with Crippen LogP contribution in [0.1, 0.15) is 43.4 Å². The molecule has 150 valence electrons. The average molecular weight is 392 g/mol. The Hall–Kier alpha value is -1.82. The first-order valence-electron chi connectivity index (χ1n) is 10.7. The highest BCUT2D eigenvalue weighted by atomic mass is 28.3. The fourth-order valence-corrected chi connectivity index (χ4v) is 4.19. The largest absolute Gasteiger partial charge is 0.281 e. The molecule has 0 heterocycles. The molecule has 1 nitrogen and oxygen atoms in total. The lowest BCUT2D eigenvalue weighted by atomic mass is 9.92. The number of hydrogen-bond donors (Lipinski definition) is 0. The number of aryl methyl sites for hydroxylation is 1. The third-order valence-corrected chi connectivity index (χ3v) is 6.24. The molecule has 2 heteroatoms. The van der Waals surface area contributed by atoms with Crippen molar-refractivity contribution >= 4 is 8.07 Å². The third-order valence-electron chi connectivity index (χ3n) is 5.35. The average Bonchev–Trinajstić information content (AvgIpc) is 2.66. The van der Waals surface area contributed by atoms with Gasteiger partial charge >= 0.3 is 0 Å². The van der Waals surface area contributed by atoms with E-state index in [4.69, 9.17) is 0 Å². The second-order valence-corrected chi connectivity index (χ2v) is 13.6. The number of nitrogens with zero attached hydrogens (tertiary/aromatic N) is 1. The summed E-state index contributed by atoms with van der Waals surface area (Å²) in [6.45, 7) is 15.7. The minimum absolute atomic E-state index is 0.293. The molecule has 2 aromatic carbocycles. The Kier molecular flexibility index (Phi) is 8.54. The van der Waals surface area contributed by atoms with Crippen LogP contribution in [0.3, 0.4) is 0 Å². The summed E-state index contributed by atoms with van der Waals surface area (Å²) >= 11 is 0. The van der Waals surface area contributed by atoms with Crippen LogP contribution in [0.2, 0.25) is 19.6 Å². The van der Waals surface area contributed by atoms with E-state index in [0.717, 1.165) is 13.1 Å². The standard InChI is InChI=1S/C26H37NSi/c1-7-24(8-2)26(18-19-28(4,5)6)27(20-23-15-10-9-11-16-23)21-25-17-13-12-14-22(25)3/h9-17,24,26H,7-8,20-21H2,1-6H3/t26-/m1/s1. The van der Waals surface area contributed by atoms with Crippen LogP contribution in [0.5, 0.6) is 0 Å². The summed E-state index contributed by atoms with van der Waals surface area (Å²) in [6.07, 6.45) is 2.33. The molecule has 0 radical (unpaired) electrons. The van der Waals surface area contributed by atoms with Crippen LogP contribution in [0.4, 0.5) is 0 Å². The van der Waals surface area contributed by atoms with E-state index >= 15 is 0 Å². The molecule has 28 heavy (non-hydrogen) atoms. The van der Waals surface area contributed by atoms with Crippen molar-refractivity contribution < 1.29 is 0 Å². The predicted octanol–water partition coefficient (Wildman–Crippen LogP) is 6.68. The van der Waals surface area contributed by atoms with Gasteiger partial charge in [0.25, 0.3) is 0 Å². The van der Waals surface area contributed by atoms with Crippen molar-refractivity contribution in [3.63, 3.8) is 0 Å². The molecular weight excluding hydrogens is 354 g/mol. The smallest absolute Gasteiger partial charge is 0.129 e.